The summed E-state index contributed by atoms with van der Waals surface area (Å²) in [5.74, 6) is 0.612. The van der Waals surface area contributed by atoms with E-state index in [-0.39, 0.29) is 0 Å². The minimum absolute atomic E-state index is 0.612. The van der Waals surface area contributed by atoms with Crippen LogP contribution in [0.15, 0.2) is 29.3 Å². The van der Waals surface area contributed by atoms with E-state index >= 15 is 0 Å². The summed E-state index contributed by atoms with van der Waals surface area (Å²) >= 11 is 1.55. The number of thioether (sulfide) groups is 1. The fraction of sp³-hybridized carbons (Fsp3) is 0.385. The molecule has 2 rings (SSSR count). The highest BCUT2D eigenvalue weighted by Crippen LogP contribution is 2.24. The van der Waals surface area contributed by atoms with Crippen LogP contribution >= 0.6 is 11.8 Å². The Morgan fingerprint density at radius 2 is 1.76 bits per heavy atom. The number of fused-ring (bicyclic) bond motifs is 1. The lowest BCUT2D eigenvalue weighted by Gasteiger charge is -2.16. The monoisotopic (exact) mass is 248 g/mol. The fourth-order valence-electron chi connectivity index (χ4n) is 1.45. The first-order chi connectivity index (χ1) is 7.96. The molecule has 0 atom stereocenters. The summed E-state index contributed by atoms with van der Waals surface area (Å²) in [4.78, 5) is 9.08. The molecular formula is C13H16N2OS. The molecule has 0 radical (unpaired) electrons. The van der Waals surface area contributed by atoms with Gasteiger partial charge in [-0.3, -0.25) is 0 Å². The van der Waals surface area contributed by atoms with Crippen molar-refractivity contribution in [3.05, 3.63) is 30.0 Å². The second-order valence-corrected chi connectivity index (χ2v) is 5.67. The molecule has 0 aliphatic rings. The fourth-order valence-corrected chi connectivity index (χ4v) is 2.36. The molecule has 90 valence electrons. The Hall–Kier alpha value is -1.13. The summed E-state index contributed by atoms with van der Waals surface area (Å²) in [5, 5.41) is 10.6. The molecule has 1 aromatic heterocycles. The van der Waals surface area contributed by atoms with Crippen LogP contribution < -0.4 is 0 Å². The predicted molar refractivity (Wildman–Crippen MR) is 71.3 cm³/mol. The van der Waals surface area contributed by atoms with E-state index in [1.807, 2.05) is 31.2 Å². The molecule has 0 aliphatic carbocycles. The molecule has 3 nitrogen and oxygen atoms in total. The minimum Gasteiger partial charge on any atom is -0.390 e. The van der Waals surface area contributed by atoms with Gasteiger partial charge in [0.05, 0.1) is 22.3 Å². The summed E-state index contributed by atoms with van der Waals surface area (Å²) < 4.78 is 0. The van der Waals surface area contributed by atoms with Gasteiger partial charge in [0.25, 0.3) is 0 Å². The van der Waals surface area contributed by atoms with Crippen molar-refractivity contribution in [3.8, 4) is 0 Å². The molecule has 0 aliphatic heterocycles. The Labute approximate surface area is 105 Å². The zero-order valence-electron chi connectivity index (χ0n) is 10.3. The van der Waals surface area contributed by atoms with Crippen molar-refractivity contribution in [2.45, 2.75) is 31.4 Å². The Morgan fingerprint density at radius 3 is 2.35 bits per heavy atom. The number of aryl methyl sites for hydroxylation is 1. The third-order valence-corrected chi connectivity index (χ3v) is 3.77. The van der Waals surface area contributed by atoms with E-state index in [1.54, 1.807) is 25.6 Å². The molecule has 0 amide bonds. The van der Waals surface area contributed by atoms with Crippen LogP contribution in [0.1, 0.15) is 19.5 Å². The largest absolute Gasteiger partial charge is 0.390 e. The standard InChI is InChI=1S/C13H16N2OS/c1-9-12(17-8-13(2,3)16)15-11-7-5-4-6-10(11)14-9/h4-7,16H,8H2,1-3H3. The molecule has 0 fully saturated rings. The molecule has 0 unspecified atom stereocenters. The van der Waals surface area contributed by atoms with Crippen LogP contribution in [0.2, 0.25) is 0 Å². The van der Waals surface area contributed by atoms with Crippen molar-refractivity contribution in [2.24, 2.45) is 0 Å². The first kappa shape index (κ1) is 12.3. The maximum Gasteiger partial charge on any atom is 0.118 e. The van der Waals surface area contributed by atoms with Crippen molar-refractivity contribution >= 4 is 22.8 Å². The van der Waals surface area contributed by atoms with E-state index in [1.165, 1.54) is 0 Å². The Bertz CT molecular complexity index is 534. The first-order valence-corrected chi connectivity index (χ1v) is 6.53. The van der Waals surface area contributed by atoms with Gasteiger partial charge in [-0.05, 0) is 32.9 Å². The SMILES string of the molecule is Cc1nc2ccccc2nc1SCC(C)(C)O. The third-order valence-electron chi connectivity index (χ3n) is 2.26. The molecule has 0 saturated carbocycles. The normalized spacial score (nSPS) is 12.0. The van der Waals surface area contributed by atoms with Crippen molar-refractivity contribution in [1.29, 1.82) is 0 Å². The highest BCUT2D eigenvalue weighted by Gasteiger charge is 2.15. The molecule has 17 heavy (non-hydrogen) atoms. The molecule has 2 aromatic rings. The van der Waals surface area contributed by atoms with Crippen LogP contribution in [0.4, 0.5) is 0 Å². The van der Waals surface area contributed by atoms with Gasteiger partial charge >= 0.3 is 0 Å². The van der Waals surface area contributed by atoms with Crippen molar-refractivity contribution < 1.29 is 5.11 Å². The minimum atomic E-state index is -0.690. The number of aliphatic hydroxyl groups is 1. The maximum absolute atomic E-state index is 9.71. The highest BCUT2D eigenvalue weighted by atomic mass is 32.2. The van der Waals surface area contributed by atoms with Gasteiger partial charge in [0.2, 0.25) is 0 Å². The lowest BCUT2D eigenvalue weighted by molar-refractivity contribution is 0.107. The molecule has 0 bridgehead atoms. The molecule has 1 N–H and O–H groups in total. The number of nitrogens with zero attached hydrogens (tertiary/aromatic N) is 2. The molecular weight excluding hydrogens is 232 g/mol. The maximum atomic E-state index is 9.71. The number of rotatable bonds is 3. The van der Waals surface area contributed by atoms with Crippen LogP contribution in [-0.4, -0.2) is 26.4 Å². The molecule has 1 heterocycles. The van der Waals surface area contributed by atoms with Gasteiger partial charge in [-0.15, -0.1) is 11.8 Å². The molecule has 1 aromatic carbocycles. The Kier molecular flexibility index (Phi) is 3.35. The van der Waals surface area contributed by atoms with Crippen molar-refractivity contribution in [2.75, 3.05) is 5.75 Å². The lowest BCUT2D eigenvalue weighted by Crippen LogP contribution is -2.21. The second-order valence-electron chi connectivity index (χ2n) is 4.70. The number of para-hydroxylation sites is 2. The molecule has 0 spiro atoms. The summed E-state index contributed by atoms with van der Waals surface area (Å²) in [6.07, 6.45) is 0. The summed E-state index contributed by atoms with van der Waals surface area (Å²) in [6, 6.07) is 7.83. The highest BCUT2D eigenvalue weighted by molar-refractivity contribution is 7.99. The summed E-state index contributed by atoms with van der Waals surface area (Å²) in [6.45, 7) is 5.54. The van der Waals surface area contributed by atoms with Crippen molar-refractivity contribution in [3.63, 3.8) is 0 Å². The third kappa shape index (κ3) is 3.17. The van der Waals surface area contributed by atoms with Crippen LogP contribution in [0.25, 0.3) is 11.0 Å². The number of aromatic nitrogens is 2. The predicted octanol–water partition coefficient (Wildman–Crippen LogP) is 2.80. The van der Waals surface area contributed by atoms with Crippen LogP contribution in [0.5, 0.6) is 0 Å². The van der Waals surface area contributed by atoms with Crippen molar-refractivity contribution in [1.82, 2.24) is 9.97 Å². The van der Waals surface area contributed by atoms with E-state index in [2.05, 4.69) is 9.97 Å². The van der Waals surface area contributed by atoms with Gasteiger partial charge in [-0.25, -0.2) is 9.97 Å². The van der Waals surface area contributed by atoms with E-state index in [0.717, 1.165) is 21.8 Å². The lowest BCUT2D eigenvalue weighted by atomic mass is 10.2. The van der Waals surface area contributed by atoms with Crippen LogP contribution in [0, 0.1) is 6.92 Å². The topological polar surface area (TPSA) is 46.0 Å². The number of hydrogen-bond acceptors (Lipinski definition) is 4. The van der Waals surface area contributed by atoms with Gasteiger partial charge in [0, 0.05) is 5.75 Å². The second kappa shape index (κ2) is 4.63. The van der Waals surface area contributed by atoms with E-state index < -0.39 is 5.60 Å². The Morgan fingerprint density at radius 1 is 1.18 bits per heavy atom. The zero-order valence-corrected chi connectivity index (χ0v) is 11.1. The first-order valence-electron chi connectivity index (χ1n) is 5.54. The zero-order chi connectivity index (χ0) is 12.5. The number of benzene rings is 1. The van der Waals surface area contributed by atoms with E-state index in [0.29, 0.717) is 5.75 Å². The number of hydrogen-bond donors (Lipinski definition) is 1. The molecule has 4 heteroatoms. The van der Waals surface area contributed by atoms with E-state index in [4.69, 9.17) is 0 Å². The summed E-state index contributed by atoms with van der Waals surface area (Å²) in [5.41, 5.74) is 2.04. The van der Waals surface area contributed by atoms with Gasteiger partial charge < -0.3 is 5.11 Å². The average Bonchev–Trinajstić information content (AvgIpc) is 2.25. The van der Waals surface area contributed by atoms with E-state index in [9.17, 15) is 5.11 Å². The Balaban J connectivity index is 2.31. The average molecular weight is 248 g/mol. The van der Waals surface area contributed by atoms with Crippen LogP contribution in [-0.2, 0) is 0 Å². The molecule has 0 saturated heterocycles. The van der Waals surface area contributed by atoms with Gasteiger partial charge in [-0.2, -0.15) is 0 Å². The van der Waals surface area contributed by atoms with Gasteiger partial charge in [-0.1, -0.05) is 12.1 Å². The van der Waals surface area contributed by atoms with Gasteiger partial charge in [0.15, 0.2) is 0 Å². The van der Waals surface area contributed by atoms with Crippen LogP contribution in [0.3, 0.4) is 0 Å². The smallest absolute Gasteiger partial charge is 0.118 e. The quantitative estimate of drug-likeness (QED) is 0.848. The van der Waals surface area contributed by atoms with Gasteiger partial charge in [0.1, 0.15) is 5.03 Å². The summed E-state index contributed by atoms with van der Waals surface area (Å²) in [7, 11) is 0.